The van der Waals surface area contributed by atoms with E-state index < -0.39 is 10.0 Å². The summed E-state index contributed by atoms with van der Waals surface area (Å²) in [6, 6.07) is 6.28. The number of rotatable bonds is 3. The molecule has 0 N–H and O–H groups in total. The molecule has 2 atom stereocenters. The molecule has 1 aliphatic carbocycles. The van der Waals surface area contributed by atoms with Gasteiger partial charge in [-0.25, -0.2) is 8.42 Å². The zero-order valence-corrected chi connectivity index (χ0v) is 14.0. The van der Waals surface area contributed by atoms with Gasteiger partial charge in [0, 0.05) is 37.1 Å². The molecular formula is C15H19ClN2O3S. The van der Waals surface area contributed by atoms with Gasteiger partial charge in [0.2, 0.25) is 15.9 Å². The number of nitrogens with zero attached hydrogens (tertiary/aromatic N) is 2. The van der Waals surface area contributed by atoms with Crippen LogP contribution in [0.5, 0.6) is 0 Å². The van der Waals surface area contributed by atoms with Gasteiger partial charge in [-0.15, -0.1) is 0 Å². The SMILES string of the molecule is C[C@H]1C[C@H]1C(=O)N1CCN(S(=O)(=O)c2cccc(Cl)c2)CC1. The molecule has 0 aromatic heterocycles. The molecule has 7 heteroatoms. The molecule has 120 valence electrons. The Labute approximate surface area is 135 Å². The fourth-order valence-corrected chi connectivity index (χ4v) is 4.55. The van der Waals surface area contributed by atoms with Crippen LogP contribution < -0.4 is 0 Å². The fraction of sp³-hybridized carbons (Fsp3) is 0.533. The van der Waals surface area contributed by atoms with Gasteiger partial charge in [0.1, 0.15) is 0 Å². The number of halogens is 1. The summed E-state index contributed by atoms with van der Waals surface area (Å²) in [6.07, 6.45) is 0.958. The molecule has 2 fully saturated rings. The predicted octanol–water partition coefficient (Wildman–Crippen LogP) is 1.83. The van der Waals surface area contributed by atoms with Crippen LogP contribution in [0.25, 0.3) is 0 Å². The number of carbonyl (C=O) groups excluding carboxylic acids is 1. The van der Waals surface area contributed by atoms with E-state index in [1.54, 1.807) is 23.1 Å². The maximum absolute atomic E-state index is 12.6. The van der Waals surface area contributed by atoms with E-state index in [-0.39, 0.29) is 16.7 Å². The van der Waals surface area contributed by atoms with Crippen molar-refractivity contribution >= 4 is 27.5 Å². The molecule has 1 aliphatic heterocycles. The summed E-state index contributed by atoms with van der Waals surface area (Å²) in [5.74, 6) is 0.795. The molecule has 0 bridgehead atoms. The maximum Gasteiger partial charge on any atom is 0.243 e. The van der Waals surface area contributed by atoms with Crippen LogP contribution in [0.2, 0.25) is 5.02 Å². The first-order chi connectivity index (χ1) is 10.4. The van der Waals surface area contributed by atoms with E-state index in [2.05, 4.69) is 6.92 Å². The molecule has 1 amide bonds. The zero-order chi connectivity index (χ0) is 15.9. The van der Waals surface area contributed by atoms with Gasteiger partial charge in [-0.1, -0.05) is 24.6 Å². The van der Waals surface area contributed by atoms with E-state index in [1.807, 2.05) is 0 Å². The molecule has 5 nitrogen and oxygen atoms in total. The van der Waals surface area contributed by atoms with Crippen LogP contribution in [0.3, 0.4) is 0 Å². The minimum absolute atomic E-state index is 0.149. The Hall–Kier alpha value is -1.11. The van der Waals surface area contributed by atoms with Crippen molar-refractivity contribution in [3.63, 3.8) is 0 Å². The van der Waals surface area contributed by atoms with Crippen molar-refractivity contribution in [2.24, 2.45) is 11.8 Å². The van der Waals surface area contributed by atoms with E-state index in [0.717, 1.165) is 6.42 Å². The molecule has 0 unspecified atom stereocenters. The molecule has 2 aliphatic rings. The highest BCUT2D eigenvalue weighted by Crippen LogP contribution is 2.39. The second kappa shape index (κ2) is 5.83. The van der Waals surface area contributed by atoms with Crippen LogP contribution in [0.4, 0.5) is 0 Å². The van der Waals surface area contributed by atoms with Crippen molar-refractivity contribution in [2.45, 2.75) is 18.2 Å². The van der Waals surface area contributed by atoms with Gasteiger partial charge in [-0.3, -0.25) is 4.79 Å². The summed E-state index contributed by atoms with van der Waals surface area (Å²) >= 11 is 5.87. The first kappa shape index (κ1) is 15.8. The van der Waals surface area contributed by atoms with E-state index in [9.17, 15) is 13.2 Å². The Morgan fingerprint density at radius 2 is 1.86 bits per heavy atom. The number of benzene rings is 1. The lowest BCUT2D eigenvalue weighted by Gasteiger charge is -2.34. The van der Waals surface area contributed by atoms with Crippen LogP contribution in [0.15, 0.2) is 29.2 Å². The number of piperazine rings is 1. The summed E-state index contributed by atoms with van der Waals surface area (Å²) in [5.41, 5.74) is 0. The van der Waals surface area contributed by atoms with Crippen molar-refractivity contribution in [3.8, 4) is 0 Å². The predicted molar refractivity (Wildman–Crippen MR) is 84.1 cm³/mol. The van der Waals surface area contributed by atoms with Gasteiger partial charge in [0.05, 0.1) is 4.90 Å². The maximum atomic E-state index is 12.6. The standard InChI is InChI=1S/C15H19ClN2O3S/c1-11-9-14(11)15(19)17-5-7-18(8-6-17)22(20,21)13-4-2-3-12(16)10-13/h2-4,10-11,14H,5-9H2,1H3/t11-,14+/m0/s1. The Bertz CT molecular complexity index is 684. The van der Waals surface area contributed by atoms with Crippen LogP contribution in [0, 0.1) is 11.8 Å². The van der Waals surface area contributed by atoms with Crippen molar-refractivity contribution in [1.29, 1.82) is 0 Å². The van der Waals surface area contributed by atoms with Gasteiger partial charge in [-0.05, 0) is 30.5 Å². The van der Waals surface area contributed by atoms with Crippen LogP contribution in [-0.4, -0.2) is 49.7 Å². The lowest BCUT2D eigenvalue weighted by molar-refractivity contribution is -0.134. The normalized spacial score (nSPS) is 26.0. The van der Waals surface area contributed by atoms with Gasteiger partial charge >= 0.3 is 0 Å². The molecule has 1 aromatic carbocycles. The topological polar surface area (TPSA) is 57.7 Å². The Morgan fingerprint density at radius 1 is 1.23 bits per heavy atom. The largest absolute Gasteiger partial charge is 0.340 e. The minimum Gasteiger partial charge on any atom is -0.340 e. The van der Waals surface area contributed by atoms with Gasteiger partial charge in [0.15, 0.2) is 0 Å². The lowest BCUT2D eigenvalue weighted by Crippen LogP contribution is -2.51. The van der Waals surface area contributed by atoms with E-state index in [4.69, 9.17) is 11.6 Å². The number of hydrogen-bond acceptors (Lipinski definition) is 3. The molecule has 0 spiro atoms. The average Bonchev–Trinajstić information content (AvgIpc) is 3.23. The second-order valence-electron chi connectivity index (χ2n) is 6.01. The summed E-state index contributed by atoms with van der Waals surface area (Å²) in [5, 5.41) is 0.401. The van der Waals surface area contributed by atoms with E-state index in [0.29, 0.717) is 37.1 Å². The number of amides is 1. The Morgan fingerprint density at radius 3 is 2.41 bits per heavy atom. The third kappa shape index (κ3) is 3.00. The lowest BCUT2D eigenvalue weighted by atomic mass is 10.2. The van der Waals surface area contributed by atoms with E-state index >= 15 is 0 Å². The quantitative estimate of drug-likeness (QED) is 0.842. The third-order valence-corrected chi connectivity index (χ3v) is 6.54. The smallest absolute Gasteiger partial charge is 0.243 e. The molecule has 22 heavy (non-hydrogen) atoms. The summed E-state index contributed by atoms with van der Waals surface area (Å²) in [4.78, 5) is 14.2. The summed E-state index contributed by atoms with van der Waals surface area (Å²) < 4.78 is 26.6. The zero-order valence-electron chi connectivity index (χ0n) is 12.4. The molecule has 3 rings (SSSR count). The first-order valence-electron chi connectivity index (χ1n) is 7.44. The highest BCUT2D eigenvalue weighted by molar-refractivity contribution is 7.89. The van der Waals surface area contributed by atoms with Crippen LogP contribution in [0.1, 0.15) is 13.3 Å². The summed E-state index contributed by atoms with van der Waals surface area (Å²) in [6.45, 7) is 3.66. The number of sulfonamides is 1. The molecular weight excluding hydrogens is 324 g/mol. The molecule has 1 saturated carbocycles. The van der Waals surface area contributed by atoms with Gasteiger partial charge in [-0.2, -0.15) is 4.31 Å². The summed E-state index contributed by atoms with van der Waals surface area (Å²) in [7, 11) is -3.54. The van der Waals surface area contributed by atoms with Crippen molar-refractivity contribution in [1.82, 2.24) is 9.21 Å². The fourth-order valence-electron chi connectivity index (χ4n) is 2.83. The number of hydrogen-bond donors (Lipinski definition) is 0. The molecule has 1 aromatic rings. The van der Waals surface area contributed by atoms with Gasteiger partial charge in [0.25, 0.3) is 0 Å². The monoisotopic (exact) mass is 342 g/mol. The minimum atomic E-state index is -3.54. The highest BCUT2D eigenvalue weighted by atomic mass is 35.5. The molecule has 1 heterocycles. The van der Waals surface area contributed by atoms with Crippen molar-refractivity contribution in [2.75, 3.05) is 26.2 Å². The highest BCUT2D eigenvalue weighted by Gasteiger charge is 2.42. The van der Waals surface area contributed by atoms with Gasteiger partial charge < -0.3 is 4.90 Å². The Kier molecular flexibility index (Phi) is 4.18. The molecule has 0 radical (unpaired) electrons. The molecule has 1 saturated heterocycles. The van der Waals surface area contributed by atoms with Crippen molar-refractivity contribution < 1.29 is 13.2 Å². The van der Waals surface area contributed by atoms with Crippen LogP contribution in [-0.2, 0) is 14.8 Å². The second-order valence-corrected chi connectivity index (χ2v) is 8.38. The Balaban J connectivity index is 1.67. The first-order valence-corrected chi connectivity index (χ1v) is 9.26. The average molecular weight is 343 g/mol. The number of carbonyl (C=O) groups is 1. The third-order valence-electron chi connectivity index (χ3n) is 4.41. The van der Waals surface area contributed by atoms with E-state index in [1.165, 1.54) is 10.4 Å². The van der Waals surface area contributed by atoms with Crippen LogP contribution >= 0.6 is 11.6 Å². The van der Waals surface area contributed by atoms with Crippen molar-refractivity contribution in [3.05, 3.63) is 29.3 Å².